The van der Waals surface area contributed by atoms with Gasteiger partial charge in [-0.2, -0.15) is 0 Å². The number of unbranched alkanes of at least 4 members (excludes halogenated alkanes) is 2. The van der Waals surface area contributed by atoms with Crippen LogP contribution in [0.5, 0.6) is 5.75 Å². The monoisotopic (exact) mass is 421 g/mol. The van der Waals surface area contributed by atoms with E-state index in [1.165, 1.54) is 50.7 Å². The molecule has 2 N–H and O–H groups in total. The van der Waals surface area contributed by atoms with E-state index in [0.717, 1.165) is 35.5 Å². The number of amides is 1. The van der Waals surface area contributed by atoms with Gasteiger partial charge in [0.05, 0.1) is 11.4 Å². The number of hydrazine groups is 1. The molecule has 0 aromatic heterocycles. The van der Waals surface area contributed by atoms with Crippen molar-refractivity contribution in [2.24, 2.45) is 10.9 Å². The Kier molecular flexibility index (Phi) is 7.57. The number of hydrogen-bond donors (Lipinski definition) is 2. The summed E-state index contributed by atoms with van der Waals surface area (Å²) < 4.78 is 6.44. The van der Waals surface area contributed by atoms with Crippen LogP contribution in [-0.2, 0) is 4.79 Å². The maximum atomic E-state index is 12.6. The van der Waals surface area contributed by atoms with E-state index < -0.39 is 0 Å². The van der Waals surface area contributed by atoms with Gasteiger partial charge in [0.15, 0.2) is 0 Å². The first kappa shape index (κ1) is 21.8. The number of para-hydroxylation sites is 1. The van der Waals surface area contributed by atoms with Gasteiger partial charge in [-0.05, 0) is 37.8 Å². The Morgan fingerprint density at radius 1 is 1.13 bits per heavy atom. The van der Waals surface area contributed by atoms with Crippen molar-refractivity contribution in [3.8, 4) is 5.75 Å². The van der Waals surface area contributed by atoms with Gasteiger partial charge in [0.2, 0.25) is 0 Å². The van der Waals surface area contributed by atoms with E-state index in [4.69, 9.17) is 9.73 Å². The molecule has 2 aliphatic carbocycles. The highest BCUT2D eigenvalue weighted by Crippen LogP contribution is 2.36. The van der Waals surface area contributed by atoms with E-state index in [1.54, 1.807) is 0 Å². The van der Waals surface area contributed by atoms with Crippen molar-refractivity contribution in [2.45, 2.75) is 77.2 Å². The zero-order valence-corrected chi connectivity index (χ0v) is 18.7. The van der Waals surface area contributed by atoms with Crippen molar-refractivity contribution in [1.82, 2.24) is 10.9 Å². The molecule has 166 valence electrons. The van der Waals surface area contributed by atoms with Gasteiger partial charge in [-0.15, -0.1) is 0 Å². The summed E-state index contributed by atoms with van der Waals surface area (Å²) in [5.41, 5.74) is 9.95. The number of ether oxygens (including phenoxy) is 1. The third-order valence-electron chi connectivity index (χ3n) is 6.51. The highest BCUT2D eigenvalue weighted by atomic mass is 16.5. The van der Waals surface area contributed by atoms with Gasteiger partial charge in [-0.3, -0.25) is 15.2 Å². The summed E-state index contributed by atoms with van der Waals surface area (Å²) in [4.78, 5) is 17.8. The molecule has 1 heterocycles. The summed E-state index contributed by atoms with van der Waals surface area (Å²) >= 11 is 0. The summed E-state index contributed by atoms with van der Waals surface area (Å²) in [7, 11) is 0. The number of fused-ring (bicyclic) bond motifs is 2. The maximum Gasteiger partial charge on any atom is 0.261 e. The van der Waals surface area contributed by atoms with E-state index in [-0.39, 0.29) is 12.0 Å². The largest absolute Gasteiger partial charge is 0.483 e. The van der Waals surface area contributed by atoms with E-state index in [9.17, 15) is 4.79 Å². The predicted octanol–water partition coefficient (Wildman–Crippen LogP) is 5.23. The van der Waals surface area contributed by atoms with Crippen molar-refractivity contribution in [2.75, 3.05) is 6.54 Å². The molecule has 4 rings (SSSR count). The highest BCUT2D eigenvalue weighted by molar-refractivity contribution is 6.05. The topological polar surface area (TPSA) is 62.7 Å². The zero-order chi connectivity index (χ0) is 21.5. The summed E-state index contributed by atoms with van der Waals surface area (Å²) in [5, 5.41) is 0. The summed E-state index contributed by atoms with van der Waals surface area (Å²) in [6.45, 7) is 2.97. The number of hydrogen-bond acceptors (Lipinski definition) is 4. The van der Waals surface area contributed by atoms with Gasteiger partial charge in [0.25, 0.3) is 5.91 Å². The molecule has 31 heavy (non-hydrogen) atoms. The Morgan fingerprint density at radius 2 is 1.97 bits per heavy atom. The molecule has 1 aromatic carbocycles. The molecule has 0 radical (unpaired) electrons. The van der Waals surface area contributed by atoms with Crippen molar-refractivity contribution < 1.29 is 9.53 Å². The van der Waals surface area contributed by atoms with Gasteiger partial charge >= 0.3 is 0 Å². The van der Waals surface area contributed by atoms with Gasteiger partial charge in [-0.1, -0.05) is 63.3 Å². The molecule has 0 spiro atoms. The number of benzene rings is 1. The lowest BCUT2D eigenvalue weighted by atomic mass is 9.83. The van der Waals surface area contributed by atoms with Crippen molar-refractivity contribution in [3.05, 3.63) is 53.3 Å². The molecule has 1 aliphatic heterocycles. The molecule has 1 atom stereocenters. The second-order valence-corrected chi connectivity index (χ2v) is 8.82. The summed E-state index contributed by atoms with van der Waals surface area (Å²) in [5.74, 6) is 1.35. The second-order valence-electron chi connectivity index (χ2n) is 8.82. The van der Waals surface area contributed by atoms with Crippen molar-refractivity contribution >= 4 is 11.6 Å². The van der Waals surface area contributed by atoms with Crippen molar-refractivity contribution in [1.29, 1.82) is 0 Å². The molecule has 5 heteroatoms. The lowest BCUT2D eigenvalue weighted by Gasteiger charge is -2.23. The van der Waals surface area contributed by atoms with Crippen LogP contribution in [0.4, 0.5) is 0 Å². The molecule has 1 saturated carbocycles. The molecule has 1 unspecified atom stereocenters. The van der Waals surface area contributed by atoms with Crippen LogP contribution in [-0.4, -0.2) is 24.3 Å². The number of rotatable bonds is 7. The standard InChI is InChI=1S/C26H35N3O2/c1-2-3-9-18-27-29-26(30)20-14-16-22-24(17-15-20)31-23-13-8-7-12-21(23)25(28-22)19-10-5-4-6-11-19/h7-8,12-13,15-16,19,24,27H,2-6,9-11,14,17-18H2,1H3,(H,29,30). The number of nitrogens with zero attached hydrogens (tertiary/aromatic N) is 1. The third-order valence-corrected chi connectivity index (χ3v) is 6.51. The lowest BCUT2D eigenvalue weighted by Crippen LogP contribution is -2.38. The lowest BCUT2D eigenvalue weighted by molar-refractivity contribution is -0.118. The number of nitrogens with one attached hydrogen (secondary N) is 2. The quantitative estimate of drug-likeness (QED) is 0.468. The first-order valence-corrected chi connectivity index (χ1v) is 12.0. The molecular weight excluding hydrogens is 386 g/mol. The van der Waals surface area contributed by atoms with Crippen LogP contribution in [0.1, 0.15) is 76.7 Å². The fraction of sp³-hybridized carbons (Fsp3) is 0.538. The number of carbonyl (C=O) groups is 1. The minimum atomic E-state index is -0.148. The first-order chi connectivity index (χ1) is 15.3. The average molecular weight is 422 g/mol. The van der Waals surface area contributed by atoms with Crippen molar-refractivity contribution in [3.63, 3.8) is 0 Å². The molecular formula is C26H35N3O2. The van der Waals surface area contributed by atoms with Gasteiger partial charge in [0.1, 0.15) is 11.9 Å². The van der Waals surface area contributed by atoms with Crippen LogP contribution in [0.25, 0.3) is 0 Å². The molecule has 1 amide bonds. The molecule has 0 saturated heterocycles. The maximum absolute atomic E-state index is 12.6. The normalized spacial score (nSPS) is 21.3. The molecule has 1 fully saturated rings. The van der Waals surface area contributed by atoms with E-state index in [1.807, 2.05) is 12.1 Å². The number of carbonyl (C=O) groups excluding carboxylic acids is 1. The first-order valence-electron chi connectivity index (χ1n) is 12.0. The van der Waals surface area contributed by atoms with Crippen LogP contribution in [0.15, 0.2) is 52.7 Å². The van der Waals surface area contributed by atoms with Gasteiger partial charge < -0.3 is 4.74 Å². The van der Waals surface area contributed by atoms with E-state index in [0.29, 0.717) is 18.8 Å². The SMILES string of the molecule is CCCCCNNC(=O)C1=CCC2Oc3ccccc3C(C3CCCCC3)=NC2=CC1. The van der Waals surface area contributed by atoms with Crippen LogP contribution in [0, 0.1) is 5.92 Å². The van der Waals surface area contributed by atoms with Gasteiger partial charge in [-0.25, -0.2) is 5.43 Å². The smallest absolute Gasteiger partial charge is 0.261 e. The Morgan fingerprint density at radius 3 is 2.81 bits per heavy atom. The second kappa shape index (κ2) is 10.8. The predicted molar refractivity (Wildman–Crippen MR) is 125 cm³/mol. The Hall–Kier alpha value is -2.40. The molecule has 1 aromatic rings. The minimum absolute atomic E-state index is 0.0540. The number of aliphatic imine (C=N–C) groups is 1. The number of allylic oxidation sites excluding steroid dienone is 1. The van der Waals surface area contributed by atoms with Crippen LogP contribution < -0.4 is 15.6 Å². The minimum Gasteiger partial charge on any atom is -0.483 e. The summed E-state index contributed by atoms with van der Waals surface area (Å²) in [6, 6.07) is 8.31. The zero-order valence-electron chi connectivity index (χ0n) is 18.7. The van der Waals surface area contributed by atoms with Crippen LogP contribution in [0.3, 0.4) is 0 Å². The van der Waals surface area contributed by atoms with E-state index >= 15 is 0 Å². The summed E-state index contributed by atoms with van der Waals surface area (Å²) in [6.07, 6.45) is 14.8. The highest BCUT2D eigenvalue weighted by Gasteiger charge is 2.30. The van der Waals surface area contributed by atoms with E-state index in [2.05, 4.69) is 42.1 Å². The Labute approximate surface area is 186 Å². The molecule has 5 nitrogen and oxygen atoms in total. The Bertz CT molecular complexity index is 865. The van der Waals surface area contributed by atoms with Crippen LogP contribution >= 0.6 is 0 Å². The molecule has 0 bridgehead atoms. The van der Waals surface area contributed by atoms with Gasteiger partial charge in [0, 0.05) is 30.0 Å². The fourth-order valence-electron chi connectivity index (χ4n) is 4.72. The fourth-order valence-corrected chi connectivity index (χ4v) is 4.72. The Balaban J connectivity index is 1.51. The third kappa shape index (κ3) is 5.45. The molecule has 3 aliphatic rings. The average Bonchev–Trinajstić information content (AvgIpc) is 3.09. The van der Waals surface area contributed by atoms with Crippen LogP contribution in [0.2, 0.25) is 0 Å².